The number of carbonyl (C=O) groups is 4. The number of aromatic hydroxyl groups is 1. The van der Waals surface area contributed by atoms with Crippen molar-refractivity contribution in [2.45, 2.75) is 84.8 Å². The fourth-order valence-corrected chi connectivity index (χ4v) is 7.79. The number of benzene rings is 3. The number of hydrogen-bond donors (Lipinski definition) is 4. The van der Waals surface area contributed by atoms with E-state index in [4.69, 9.17) is 32.7 Å². The second-order valence-corrected chi connectivity index (χ2v) is 15.3. The number of phenolic OH excluding ortho intramolecular Hbond substituents is 1. The summed E-state index contributed by atoms with van der Waals surface area (Å²) in [6.45, 7) is 7.82. The molecule has 3 aromatic carbocycles. The Kier molecular flexibility index (Phi) is 13.3. The first-order valence-corrected chi connectivity index (χ1v) is 19.3. The highest BCUT2D eigenvalue weighted by atomic mass is 35.5. The summed E-state index contributed by atoms with van der Waals surface area (Å²) in [7, 11) is 1.42. The number of rotatable bonds is 16. The third-order valence-electron chi connectivity index (χ3n) is 11.0. The molecule has 1 aliphatic carbocycles. The number of Topliss-reactive ketones (excluding diaryl/α,β-unsaturated/α-hetero) is 1. The van der Waals surface area contributed by atoms with E-state index in [1.165, 1.54) is 19.2 Å². The summed E-state index contributed by atoms with van der Waals surface area (Å²) < 4.78 is 10.8. The Balaban J connectivity index is 1.47. The minimum atomic E-state index is -1.40. The number of carbonyl (C=O) groups excluding carboxylic acids is 4. The number of anilines is 1. The lowest BCUT2D eigenvalue weighted by molar-refractivity contribution is -0.149. The molecule has 288 valence electrons. The van der Waals surface area contributed by atoms with E-state index in [2.05, 4.69) is 15.6 Å². The zero-order valence-corrected chi connectivity index (χ0v) is 32.9. The van der Waals surface area contributed by atoms with Gasteiger partial charge in [0.2, 0.25) is 11.8 Å². The average molecular weight is 779 g/mol. The van der Waals surface area contributed by atoms with Crippen molar-refractivity contribution in [3.8, 4) is 11.5 Å². The molecule has 12 heteroatoms. The van der Waals surface area contributed by atoms with Crippen LogP contribution >= 0.6 is 23.2 Å². The predicted octanol–water partition coefficient (Wildman–Crippen LogP) is 8.59. The van der Waals surface area contributed by atoms with E-state index >= 15 is 0 Å². The number of methoxy groups -OCH3 is 1. The minimum absolute atomic E-state index is 0.0708. The van der Waals surface area contributed by atoms with E-state index in [9.17, 15) is 24.3 Å². The van der Waals surface area contributed by atoms with Crippen LogP contribution in [0.15, 0.2) is 60.7 Å². The van der Waals surface area contributed by atoms with Crippen molar-refractivity contribution < 1.29 is 33.8 Å². The molecular formula is C42H49Cl2N3O7. The number of aryl methyl sites for hydroxylation is 1. The Bertz CT molecular complexity index is 2000. The first kappa shape index (κ1) is 40.6. The summed E-state index contributed by atoms with van der Waals surface area (Å²) in [5, 5.41) is 17.8. The van der Waals surface area contributed by atoms with Crippen LogP contribution in [0.4, 0.5) is 5.69 Å². The number of nitrogens with one attached hydrogen (secondary N) is 3. The average Bonchev–Trinajstić information content (AvgIpc) is 3.53. The normalized spacial score (nSPS) is 17.5. The summed E-state index contributed by atoms with van der Waals surface area (Å²) in [5.41, 5.74) is 2.25. The molecule has 0 radical (unpaired) electrons. The lowest BCUT2D eigenvalue weighted by Gasteiger charge is -2.39. The Hall–Kier alpha value is -4.54. The molecule has 0 fully saturated rings. The molecule has 0 aliphatic heterocycles. The SMILES string of the molecule is CCC(C)[C@H](CC(=O)[C@]1(NC(=O)[C@@H](CC(=O)OCc2ccccc2)C(C)CC)CCc2[nH]c3c(Cl)cc(Cl)cc3c2C1)C(=O)Nc1ccc(O)c(OC)c1. The Labute approximate surface area is 326 Å². The molecule has 10 nitrogen and oxygen atoms in total. The highest BCUT2D eigenvalue weighted by molar-refractivity contribution is 6.38. The Morgan fingerprint density at radius 2 is 1.61 bits per heavy atom. The Morgan fingerprint density at radius 3 is 2.28 bits per heavy atom. The van der Waals surface area contributed by atoms with Crippen molar-refractivity contribution in [2.75, 3.05) is 12.4 Å². The van der Waals surface area contributed by atoms with Crippen LogP contribution in [0, 0.1) is 23.7 Å². The predicted molar refractivity (Wildman–Crippen MR) is 211 cm³/mol. The summed E-state index contributed by atoms with van der Waals surface area (Å²) in [4.78, 5) is 59.9. The second kappa shape index (κ2) is 17.7. The number of phenols is 1. The van der Waals surface area contributed by atoms with E-state index in [1.807, 2.05) is 58.0 Å². The van der Waals surface area contributed by atoms with Crippen LogP contribution in [0.2, 0.25) is 10.0 Å². The van der Waals surface area contributed by atoms with Crippen LogP contribution < -0.4 is 15.4 Å². The van der Waals surface area contributed by atoms with E-state index in [-0.39, 0.29) is 67.3 Å². The number of ketones is 1. The summed E-state index contributed by atoms with van der Waals surface area (Å²) in [5.74, 6) is -3.38. The molecule has 2 amide bonds. The fourth-order valence-electron chi connectivity index (χ4n) is 7.25. The highest BCUT2D eigenvalue weighted by Crippen LogP contribution is 2.40. The zero-order valence-electron chi connectivity index (χ0n) is 31.4. The van der Waals surface area contributed by atoms with Crippen LogP contribution in [0.3, 0.4) is 0 Å². The molecule has 1 heterocycles. The van der Waals surface area contributed by atoms with Crippen molar-refractivity contribution in [3.05, 3.63) is 87.5 Å². The molecule has 4 N–H and O–H groups in total. The van der Waals surface area contributed by atoms with Gasteiger partial charge in [0.15, 0.2) is 17.3 Å². The molecule has 0 saturated carbocycles. The van der Waals surface area contributed by atoms with Crippen LogP contribution in [0.5, 0.6) is 11.5 Å². The minimum Gasteiger partial charge on any atom is -0.504 e. The van der Waals surface area contributed by atoms with E-state index in [1.54, 1.807) is 18.2 Å². The van der Waals surface area contributed by atoms with Crippen molar-refractivity contribution in [2.24, 2.45) is 23.7 Å². The maximum absolute atomic E-state index is 14.9. The maximum atomic E-state index is 14.9. The summed E-state index contributed by atoms with van der Waals surface area (Å²) in [6.07, 6.45) is 1.75. The number of ether oxygens (including phenoxy) is 2. The van der Waals surface area contributed by atoms with Gasteiger partial charge in [0, 0.05) is 46.6 Å². The third-order valence-corrected chi connectivity index (χ3v) is 11.5. The van der Waals surface area contributed by atoms with Crippen molar-refractivity contribution in [3.63, 3.8) is 0 Å². The summed E-state index contributed by atoms with van der Waals surface area (Å²) in [6, 6.07) is 17.3. The maximum Gasteiger partial charge on any atom is 0.306 e. The van der Waals surface area contributed by atoms with Gasteiger partial charge in [-0.3, -0.25) is 19.2 Å². The fraction of sp³-hybridized carbons (Fsp3) is 0.429. The third kappa shape index (κ3) is 9.21. The molecule has 5 rings (SSSR count). The van der Waals surface area contributed by atoms with Gasteiger partial charge in [-0.25, -0.2) is 0 Å². The lowest BCUT2D eigenvalue weighted by Crippen LogP contribution is -2.60. The number of esters is 1. The highest BCUT2D eigenvalue weighted by Gasteiger charge is 2.46. The largest absolute Gasteiger partial charge is 0.504 e. The number of fused-ring (bicyclic) bond motifs is 3. The second-order valence-electron chi connectivity index (χ2n) is 14.5. The molecule has 4 aromatic rings. The molecule has 0 bridgehead atoms. The number of aromatic amines is 1. The molecule has 54 heavy (non-hydrogen) atoms. The molecule has 1 aliphatic rings. The molecule has 2 unspecified atom stereocenters. The van der Waals surface area contributed by atoms with Gasteiger partial charge in [0.1, 0.15) is 12.1 Å². The molecular weight excluding hydrogens is 729 g/mol. The van der Waals surface area contributed by atoms with Gasteiger partial charge < -0.3 is 30.2 Å². The van der Waals surface area contributed by atoms with E-state index < -0.39 is 29.3 Å². The number of hydrogen-bond acceptors (Lipinski definition) is 7. The van der Waals surface area contributed by atoms with Gasteiger partial charge in [-0.15, -0.1) is 0 Å². The number of aromatic nitrogens is 1. The topological polar surface area (TPSA) is 147 Å². The van der Waals surface area contributed by atoms with Crippen LogP contribution in [-0.4, -0.2) is 46.3 Å². The van der Waals surface area contributed by atoms with Crippen LogP contribution in [-0.2, 0) is 43.4 Å². The first-order valence-electron chi connectivity index (χ1n) is 18.5. The molecule has 0 saturated heterocycles. The molecule has 1 aromatic heterocycles. The van der Waals surface area contributed by atoms with Gasteiger partial charge in [-0.05, 0) is 60.1 Å². The van der Waals surface area contributed by atoms with Crippen molar-refractivity contribution in [1.29, 1.82) is 0 Å². The number of halogens is 2. The molecule has 0 spiro atoms. The Morgan fingerprint density at radius 1 is 0.926 bits per heavy atom. The van der Waals surface area contributed by atoms with Crippen molar-refractivity contribution in [1.82, 2.24) is 10.3 Å². The molecule has 5 atom stereocenters. The quantitative estimate of drug-likeness (QED) is 0.0658. The summed E-state index contributed by atoms with van der Waals surface area (Å²) >= 11 is 13.0. The van der Waals surface area contributed by atoms with Crippen LogP contribution in [0.1, 0.15) is 76.6 Å². The van der Waals surface area contributed by atoms with Gasteiger partial charge in [-0.2, -0.15) is 0 Å². The van der Waals surface area contributed by atoms with Crippen molar-refractivity contribution >= 4 is 63.4 Å². The zero-order chi connectivity index (χ0) is 39.2. The van der Waals surface area contributed by atoms with Crippen LogP contribution in [0.25, 0.3) is 10.9 Å². The standard InChI is InChI=1S/C42H49Cl2N3O7/c1-6-24(3)29(40(51)45-28-13-14-35(48)36(19-28)53-5)20-37(49)42(16-15-34-32(22-42)31-17-27(43)18-33(44)39(31)46-34)47-41(52)30(25(4)7-2)21-38(50)54-23-26-11-9-8-10-12-26/h8-14,17-19,24-25,29-30,46,48H,6-7,15-16,20-23H2,1-5H3,(H,45,51)(H,47,52)/t24?,25?,29-,30-,42-/m0/s1. The smallest absolute Gasteiger partial charge is 0.306 e. The van der Waals surface area contributed by atoms with E-state index in [0.717, 1.165) is 22.2 Å². The van der Waals surface area contributed by atoms with E-state index in [0.29, 0.717) is 40.5 Å². The monoisotopic (exact) mass is 777 g/mol. The number of H-pyrrole nitrogens is 1. The first-order chi connectivity index (χ1) is 25.8. The van der Waals surface area contributed by atoms with Gasteiger partial charge in [-0.1, -0.05) is 94.1 Å². The van der Waals surface area contributed by atoms with Gasteiger partial charge >= 0.3 is 5.97 Å². The lowest BCUT2D eigenvalue weighted by atomic mass is 9.72. The number of amides is 2. The van der Waals surface area contributed by atoms with Gasteiger partial charge in [0.25, 0.3) is 0 Å². The van der Waals surface area contributed by atoms with Gasteiger partial charge in [0.05, 0.1) is 30.0 Å².